The minimum atomic E-state index is -2.40. The van der Waals surface area contributed by atoms with Gasteiger partial charge in [0.1, 0.15) is 5.78 Å². The maximum atomic E-state index is 14.5. The van der Waals surface area contributed by atoms with Crippen molar-refractivity contribution in [3.8, 4) is 0 Å². The van der Waals surface area contributed by atoms with E-state index in [2.05, 4.69) is 70.9 Å². The third-order valence-electron chi connectivity index (χ3n) is 10.9. The monoisotopic (exact) mass is 656 g/mol. The zero-order chi connectivity index (χ0) is 33.5. The SMILES string of the molecule is C=CC[C@H]1C(=O)C(C)(C)[C@@H](O[Si](C)(C)C(C)(C)C)CC(=O)N[C@H](c2ccc3sc(C)nc3c2)C[C@@H]2O[C@]2(C)CCC[C@H](C)[C@@H]1O. The normalized spacial score (nSPS) is 32.2. The minimum Gasteiger partial charge on any atom is -0.412 e. The van der Waals surface area contributed by atoms with Crippen LogP contribution in [0.1, 0.15) is 104 Å². The van der Waals surface area contributed by atoms with Crippen LogP contribution in [0, 0.1) is 24.2 Å². The van der Waals surface area contributed by atoms with Crippen molar-refractivity contribution in [2.75, 3.05) is 0 Å². The van der Waals surface area contributed by atoms with Gasteiger partial charge in [-0.2, -0.15) is 0 Å². The molecule has 2 saturated heterocycles. The maximum absolute atomic E-state index is 14.5. The number of Topliss-reactive ketones (excluding diaryl/α,β-unsaturated/α-hetero) is 1. The number of carbonyl (C=O) groups excluding carboxylic acids is 2. The molecule has 0 saturated carbocycles. The summed E-state index contributed by atoms with van der Waals surface area (Å²) in [5.41, 5.74) is 0.629. The first kappa shape index (κ1) is 35.9. The number of ketones is 1. The smallest absolute Gasteiger partial charge is 0.223 e. The molecule has 2 aliphatic heterocycles. The van der Waals surface area contributed by atoms with Gasteiger partial charge in [0.2, 0.25) is 5.91 Å². The molecule has 0 aliphatic carbocycles. The molecular weight excluding hydrogens is 601 g/mol. The second kappa shape index (κ2) is 13.3. The summed E-state index contributed by atoms with van der Waals surface area (Å²) in [5, 5.41) is 15.8. The molecule has 1 aromatic carbocycles. The van der Waals surface area contributed by atoms with Crippen LogP contribution in [0.25, 0.3) is 10.2 Å². The predicted molar refractivity (Wildman–Crippen MR) is 186 cm³/mol. The molecule has 7 atom stereocenters. The minimum absolute atomic E-state index is 0.00890. The van der Waals surface area contributed by atoms with Crippen molar-refractivity contribution in [1.29, 1.82) is 0 Å². The number of aliphatic hydroxyl groups excluding tert-OH is 1. The van der Waals surface area contributed by atoms with Crippen LogP contribution in [-0.2, 0) is 18.8 Å². The van der Waals surface area contributed by atoms with Crippen molar-refractivity contribution in [2.45, 2.75) is 142 Å². The number of ether oxygens (including phenoxy) is 1. The first-order valence-corrected chi connectivity index (χ1v) is 20.4. The predicted octanol–water partition coefficient (Wildman–Crippen LogP) is 8.06. The third-order valence-corrected chi connectivity index (χ3v) is 16.3. The summed E-state index contributed by atoms with van der Waals surface area (Å²) in [6, 6.07) is 5.99. The summed E-state index contributed by atoms with van der Waals surface area (Å²) < 4.78 is 14.4. The number of thiazole rings is 1. The molecule has 3 heterocycles. The number of aryl methyl sites for hydroxylation is 1. The number of fused-ring (bicyclic) bond motifs is 2. The zero-order valence-electron chi connectivity index (χ0n) is 29.2. The van der Waals surface area contributed by atoms with E-state index in [0.29, 0.717) is 12.8 Å². The fourth-order valence-electron chi connectivity index (χ4n) is 6.54. The van der Waals surface area contributed by atoms with Crippen molar-refractivity contribution in [2.24, 2.45) is 17.3 Å². The van der Waals surface area contributed by atoms with E-state index < -0.39 is 31.9 Å². The van der Waals surface area contributed by atoms with E-state index in [4.69, 9.17) is 14.1 Å². The van der Waals surface area contributed by atoms with E-state index in [1.165, 1.54) is 0 Å². The Hall–Kier alpha value is -1.91. The molecule has 1 aromatic heterocycles. The Morgan fingerprint density at radius 3 is 2.58 bits per heavy atom. The van der Waals surface area contributed by atoms with E-state index in [-0.39, 0.29) is 46.8 Å². The molecule has 250 valence electrons. The molecule has 45 heavy (non-hydrogen) atoms. The van der Waals surface area contributed by atoms with Gasteiger partial charge >= 0.3 is 0 Å². The molecular formula is C36H56N2O5SSi. The van der Waals surface area contributed by atoms with E-state index in [0.717, 1.165) is 40.1 Å². The molecule has 0 unspecified atom stereocenters. The second-order valence-electron chi connectivity index (χ2n) is 15.9. The van der Waals surface area contributed by atoms with Crippen LogP contribution in [0.4, 0.5) is 0 Å². The lowest BCUT2D eigenvalue weighted by atomic mass is 9.71. The number of epoxide rings is 1. The van der Waals surface area contributed by atoms with Crippen LogP contribution in [0.5, 0.6) is 0 Å². The molecule has 7 nitrogen and oxygen atoms in total. The van der Waals surface area contributed by atoms with E-state index >= 15 is 0 Å². The summed E-state index contributed by atoms with van der Waals surface area (Å²) in [5.74, 6) is -0.949. The average Bonchev–Trinajstić information content (AvgIpc) is 3.40. The highest BCUT2D eigenvalue weighted by Crippen LogP contribution is 2.47. The van der Waals surface area contributed by atoms with E-state index in [1.807, 2.05) is 27.7 Å². The molecule has 4 rings (SSSR count). The fraction of sp³-hybridized carbons (Fsp3) is 0.694. The summed E-state index contributed by atoms with van der Waals surface area (Å²) in [7, 11) is -2.40. The topological polar surface area (TPSA) is 101 Å². The Morgan fingerprint density at radius 1 is 1.24 bits per heavy atom. The number of rotatable bonds is 5. The van der Waals surface area contributed by atoms with Crippen LogP contribution >= 0.6 is 11.3 Å². The number of nitrogens with zero attached hydrogens (tertiary/aromatic N) is 1. The van der Waals surface area contributed by atoms with Crippen molar-refractivity contribution < 1.29 is 23.9 Å². The van der Waals surface area contributed by atoms with Gasteiger partial charge in [0, 0.05) is 17.8 Å². The van der Waals surface area contributed by atoms with Crippen molar-refractivity contribution in [1.82, 2.24) is 10.3 Å². The second-order valence-corrected chi connectivity index (χ2v) is 21.9. The molecule has 1 amide bonds. The lowest BCUT2D eigenvalue weighted by Crippen LogP contribution is -2.53. The highest BCUT2D eigenvalue weighted by atomic mass is 32.1. The van der Waals surface area contributed by atoms with Gasteiger partial charge in [-0.25, -0.2) is 4.98 Å². The largest absolute Gasteiger partial charge is 0.412 e. The first-order chi connectivity index (χ1) is 20.8. The van der Waals surface area contributed by atoms with E-state index in [9.17, 15) is 14.7 Å². The average molecular weight is 657 g/mol. The summed E-state index contributed by atoms with van der Waals surface area (Å²) in [4.78, 5) is 33.2. The highest BCUT2D eigenvalue weighted by Gasteiger charge is 2.53. The van der Waals surface area contributed by atoms with Crippen molar-refractivity contribution >= 4 is 41.6 Å². The van der Waals surface area contributed by atoms with Gasteiger partial charge in [0.25, 0.3) is 0 Å². The van der Waals surface area contributed by atoms with Crippen LogP contribution in [0.15, 0.2) is 30.9 Å². The summed E-state index contributed by atoms with van der Waals surface area (Å²) >= 11 is 1.66. The van der Waals surface area contributed by atoms with Gasteiger partial charge in [0.05, 0.1) is 51.6 Å². The molecule has 2 aromatic rings. The molecule has 2 N–H and O–H groups in total. The third kappa shape index (κ3) is 7.98. The quantitative estimate of drug-likeness (QED) is 0.192. The van der Waals surface area contributed by atoms with E-state index in [1.54, 1.807) is 17.4 Å². The number of aromatic nitrogens is 1. The van der Waals surface area contributed by atoms with Gasteiger partial charge in [-0.15, -0.1) is 17.9 Å². The maximum Gasteiger partial charge on any atom is 0.223 e. The molecule has 2 aliphatic rings. The lowest BCUT2D eigenvalue weighted by molar-refractivity contribution is -0.143. The highest BCUT2D eigenvalue weighted by molar-refractivity contribution is 7.18. The number of benzene rings is 1. The van der Waals surface area contributed by atoms with Crippen LogP contribution in [0.3, 0.4) is 0 Å². The van der Waals surface area contributed by atoms with Gasteiger partial charge in [0.15, 0.2) is 8.32 Å². The standard InChI is InChI=1S/C36H56N2O5SSi/c1-12-14-25-32(40)22(2)15-13-18-36(9)30(42-36)20-26(24-16-17-28-27(19-24)37-23(3)44-28)38-31(39)21-29(35(7,8)33(25)41)43-45(10,11)34(4,5)6/h12,16-17,19,22,25-26,29-30,32,40H,1,13-15,18,20-21H2,2-11H3,(H,38,39)/t22-,25+,26-,29-,30-,32-,36+/m0/s1. The number of allylic oxidation sites excluding steroid dienone is 1. The number of aliphatic hydroxyl groups is 1. The molecule has 9 heteroatoms. The number of amides is 1. The van der Waals surface area contributed by atoms with Crippen LogP contribution < -0.4 is 5.32 Å². The first-order valence-electron chi connectivity index (χ1n) is 16.6. The van der Waals surface area contributed by atoms with Crippen molar-refractivity contribution in [3.05, 3.63) is 41.4 Å². The number of hydrogen-bond acceptors (Lipinski definition) is 7. The Bertz CT molecular complexity index is 1400. The Balaban J connectivity index is 1.74. The number of carbonyl (C=O) groups is 2. The Labute approximate surface area is 275 Å². The molecule has 0 radical (unpaired) electrons. The summed E-state index contributed by atoms with van der Waals surface area (Å²) in [6.45, 7) is 24.7. The number of nitrogens with one attached hydrogen (secondary N) is 1. The molecule has 0 bridgehead atoms. The van der Waals surface area contributed by atoms with Gasteiger partial charge in [-0.05, 0) is 74.9 Å². The number of hydrogen-bond donors (Lipinski definition) is 2. The Morgan fingerprint density at radius 2 is 1.93 bits per heavy atom. The summed E-state index contributed by atoms with van der Waals surface area (Å²) in [6.07, 6.45) is 3.82. The Kier molecular flexibility index (Phi) is 10.6. The van der Waals surface area contributed by atoms with Crippen molar-refractivity contribution in [3.63, 3.8) is 0 Å². The van der Waals surface area contributed by atoms with Gasteiger partial charge in [-0.3, -0.25) is 9.59 Å². The molecule has 0 spiro atoms. The zero-order valence-corrected chi connectivity index (χ0v) is 31.0. The van der Waals surface area contributed by atoms with Crippen LogP contribution in [-0.4, -0.2) is 54.0 Å². The van der Waals surface area contributed by atoms with Gasteiger partial charge < -0.3 is 19.6 Å². The van der Waals surface area contributed by atoms with Gasteiger partial charge in [-0.1, -0.05) is 60.1 Å². The van der Waals surface area contributed by atoms with Crippen LogP contribution in [0.2, 0.25) is 18.1 Å². The lowest BCUT2D eigenvalue weighted by Gasteiger charge is -2.45. The fourth-order valence-corrected chi connectivity index (χ4v) is 8.79. The molecule has 2 fully saturated rings.